The number of para-hydroxylation sites is 1. The number of hydrogen-bond acceptors (Lipinski definition) is 2. The highest BCUT2D eigenvalue weighted by Crippen LogP contribution is 2.22. The fourth-order valence-electron chi connectivity index (χ4n) is 2.51. The molecular weight excluding hydrogens is 361 g/mol. The summed E-state index contributed by atoms with van der Waals surface area (Å²) in [5.74, 6) is -0.641. The van der Waals surface area contributed by atoms with E-state index in [1.54, 1.807) is 24.4 Å². The van der Waals surface area contributed by atoms with E-state index in [2.05, 4.69) is 15.8 Å². The molecule has 0 spiro atoms. The van der Waals surface area contributed by atoms with Gasteiger partial charge in [0.15, 0.2) is 0 Å². The minimum Gasteiger partial charge on any atom is -0.361 e. The highest BCUT2D eigenvalue weighted by Gasteiger charge is 2.10. The molecule has 0 fully saturated rings. The van der Waals surface area contributed by atoms with Gasteiger partial charge < -0.3 is 4.98 Å². The molecule has 5 nitrogen and oxygen atoms in total. The maximum absolute atomic E-state index is 12.0. The summed E-state index contributed by atoms with van der Waals surface area (Å²) in [5.41, 5.74) is 7.36. The van der Waals surface area contributed by atoms with Crippen LogP contribution in [0, 0.1) is 0 Å². The third kappa shape index (κ3) is 4.32. The number of amides is 2. The number of fused-ring (bicyclic) bond motifs is 1. The molecule has 3 N–H and O–H groups in total. The number of aromatic amines is 1. The molecule has 0 saturated heterocycles. The van der Waals surface area contributed by atoms with Gasteiger partial charge in [0.25, 0.3) is 0 Å². The Balaban J connectivity index is 1.53. The number of hydrogen-bond donors (Lipinski definition) is 3. The fourth-order valence-corrected chi connectivity index (χ4v) is 2.83. The standard InChI is InChI=1S/C18H15Cl2N3O2/c19-14-6-5-11(7-15(14)20)8-17(24)22-23-18(25)9-12-10-21-16-4-2-1-3-13(12)16/h1-7,10,21H,8-9H2,(H,22,24)(H,23,25). The predicted octanol–water partition coefficient (Wildman–Crippen LogP) is 3.41. The summed E-state index contributed by atoms with van der Waals surface area (Å²) in [4.78, 5) is 27.1. The number of H-pyrrole nitrogens is 1. The first-order chi connectivity index (χ1) is 12.0. The van der Waals surface area contributed by atoms with Crippen molar-refractivity contribution in [3.05, 3.63) is 69.8 Å². The lowest BCUT2D eigenvalue weighted by atomic mass is 10.1. The van der Waals surface area contributed by atoms with Crippen LogP contribution in [0.2, 0.25) is 10.0 Å². The zero-order valence-corrected chi connectivity index (χ0v) is 14.6. The molecule has 0 aliphatic carbocycles. The second-order valence-electron chi connectivity index (χ2n) is 5.56. The topological polar surface area (TPSA) is 74.0 Å². The van der Waals surface area contributed by atoms with E-state index in [9.17, 15) is 9.59 Å². The lowest BCUT2D eigenvalue weighted by molar-refractivity contribution is -0.128. The van der Waals surface area contributed by atoms with E-state index in [1.165, 1.54) is 0 Å². The Kier molecular flexibility index (Phi) is 5.26. The van der Waals surface area contributed by atoms with Gasteiger partial charge >= 0.3 is 0 Å². The van der Waals surface area contributed by atoms with Gasteiger partial charge in [-0.3, -0.25) is 20.4 Å². The van der Waals surface area contributed by atoms with Crippen molar-refractivity contribution in [2.24, 2.45) is 0 Å². The van der Waals surface area contributed by atoms with Crippen LogP contribution >= 0.6 is 23.2 Å². The molecule has 0 saturated carbocycles. The molecule has 2 aromatic carbocycles. The van der Waals surface area contributed by atoms with Gasteiger partial charge in [0, 0.05) is 17.1 Å². The molecule has 0 unspecified atom stereocenters. The van der Waals surface area contributed by atoms with Gasteiger partial charge in [-0.2, -0.15) is 0 Å². The van der Waals surface area contributed by atoms with Gasteiger partial charge in [-0.25, -0.2) is 0 Å². The van der Waals surface area contributed by atoms with Gasteiger partial charge in [-0.15, -0.1) is 0 Å². The first-order valence-electron chi connectivity index (χ1n) is 7.59. The van der Waals surface area contributed by atoms with Gasteiger partial charge in [-0.1, -0.05) is 47.5 Å². The molecule has 25 heavy (non-hydrogen) atoms. The second kappa shape index (κ2) is 7.59. The zero-order chi connectivity index (χ0) is 17.8. The first kappa shape index (κ1) is 17.3. The lowest BCUT2D eigenvalue weighted by Crippen LogP contribution is -2.43. The van der Waals surface area contributed by atoms with Crippen LogP contribution in [0.1, 0.15) is 11.1 Å². The number of nitrogens with one attached hydrogen (secondary N) is 3. The highest BCUT2D eigenvalue weighted by atomic mass is 35.5. The van der Waals surface area contributed by atoms with E-state index in [0.717, 1.165) is 16.5 Å². The van der Waals surface area contributed by atoms with Gasteiger partial charge in [-0.05, 0) is 29.3 Å². The number of benzene rings is 2. The third-order valence-electron chi connectivity index (χ3n) is 3.72. The number of carbonyl (C=O) groups excluding carboxylic acids is 2. The highest BCUT2D eigenvalue weighted by molar-refractivity contribution is 6.42. The molecule has 0 atom stereocenters. The maximum Gasteiger partial charge on any atom is 0.242 e. The summed E-state index contributed by atoms with van der Waals surface area (Å²) in [6.07, 6.45) is 2.04. The van der Waals surface area contributed by atoms with Crippen LogP contribution in [-0.2, 0) is 22.4 Å². The molecule has 0 aliphatic heterocycles. The van der Waals surface area contributed by atoms with E-state index < -0.39 is 0 Å². The third-order valence-corrected chi connectivity index (χ3v) is 4.45. The van der Waals surface area contributed by atoms with Crippen molar-refractivity contribution in [2.75, 3.05) is 0 Å². The minimum absolute atomic E-state index is 0.0876. The van der Waals surface area contributed by atoms with Crippen LogP contribution in [0.3, 0.4) is 0 Å². The van der Waals surface area contributed by atoms with Crippen LogP contribution in [0.4, 0.5) is 0 Å². The molecular formula is C18H15Cl2N3O2. The van der Waals surface area contributed by atoms with Crippen molar-refractivity contribution in [1.29, 1.82) is 0 Å². The monoisotopic (exact) mass is 375 g/mol. The predicted molar refractivity (Wildman–Crippen MR) is 98.5 cm³/mol. The number of rotatable bonds is 4. The molecule has 1 heterocycles. The molecule has 7 heteroatoms. The number of aromatic nitrogens is 1. The molecule has 2 amide bonds. The molecule has 0 aliphatic rings. The second-order valence-corrected chi connectivity index (χ2v) is 6.37. The van der Waals surface area contributed by atoms with Crippen molar-refractivity contribution in [3.8, 4) is 0 Å². The molecule has 0 bridgehead atoms. The Labute approximate surface area is 154 Å². The largest absolute Gasteiger partial charge is 0.361 e. The fraction of sp³-hybridized carbons (Fsp3) is 0.111. The van der Waals surface area contributed by atoms with Crippen LogP contribution in [0.25, 0.3) is 10.9 Å². The van der Waals surface area contributed by atoms with E-state index in [0.29, 0.717) is 15.6 Å². The number of halogens is 2. The lowest BCUT2D eigenvalue weighted by Gasteiger charge is -2.08. The summed E-state index contributed by atoms with van der Waals surface area (Å²) in [7, 11) is 0. The van der Waals surface area contributed by atoms with Crippen LogP contribution in [0.15, 0.2) is 48.7 Å². The minimum atomic E-state index is -0.342. The number of carbonyl (C=O) groups is 2. The van der Waals surface area contributed by atoms with Crippen molar-refractivity contribution in [2.45, 2.75) is 12.8 Å². The summed E-state index contributed by atoms with van der Waals surface area (Å²) >= 11 is 11.8. The van der Waals surface area contributed by atoms with E-state index in [1.807, 2.05) is 24.3 Å². The van der Waals surface area contributed by atoms with Crippen molar-refractivity contribution in [1.82, 2.24) is 15.8 Å². The van der Waals surface area contributed by atoms with Gasteiger partial charge in [0.1, 0.15) is 0 Å². The SMILES string of the molecule is O=C(Cc1ccc(Cl)c(Cl)c1)NNC(=O)Cc1c[nH]c2ccccc12. The molecule has 1 aromatic heterocycles. The van der Waals surface area contributed by atoms with Crippen molar-refractivity contribution in [3.63, 3.8) is 0 Å². The molecule has 0 radical (unpaired) electrons. The van der Waals surface area contributed by atoms with Crippen LogP contribution in [0.5, 0.6) is 0 Å². The Morgan fingerprint density at radius 2 is 1.64 bits per heavy atom. The average molecular weight is 376 g/mol. The molecule has 128 valence electrons. The smallest absolute Gasteiger partial charge is 0.242 e. The first-order valence-corrected chi connectivity index (χ1v) is 8.35. The summed E-state index contributed by atoms with van der Waals surface area (Å²) < 4.78 is 0. The van der Waals surface area contributed by atoms with E-state index in [-0.39, 0.29) is 24.7 Å². The Hall–Kier alpha value is -2.50. The average Bonchev–Trinajstić information content (AvgIpc) is 2.99. The van der Waals surface area contributed by atoms with Gasteiger partial charge in [0.05, 0.1) is 22.9 Å². The van der Waals surface area contributed by atoms with Crippen molar-refractivity contribution < 1.29 is 9.59 Å². The van der Waals surface area contributed by atoms with E-state index in [4.69, 9.17) is 23.2 Å². The molecule has 3 rings (SSSR count). The maximum atomic E-state index is 12.0. The normalized spacial score (nSPS) is 10.6. The Morgan fingerprint density at radius 1 is 0.920 bits per heavy atom. The summed E-state index contributed by atoms with van der Waals surface area (Å²) in [6, 6.07) is 12.7. The molecule has 3 aromatic rings. The van der Waals surface area contributed by atoms with E-state index >= 15 is 0 Å². The Morgan fingerprint density at radius 3 is 2.40 bits per heavy atom. The quantitative estimate of drug-likeness (QED) is 0.611. The Bertz CT molecular complexity index is 937. The zero-order valence-electron chi connectivity index (χ0n) is 13.1. The van der Waals surface area contributed by atoms with Crippen LogP contribution in [-0.4, -0.2) is 16.8 Å². The van der Waals surface area contributed by atoms with Crippen LogP contribution < -0.4 is 10.9 Å². The number of hydrazine groups is 1. The summed E-state index contributed by atoms with van der Waals surface area (Å²) in [6.45, 7) is 0. The summed E-state index contributed by atoms with van der Waals surface area (Å²) in [5, 5.41) is 1.80. The van der Waals surface area contributed by atoms with Gasteiger partial charge in [0.2, 0.25) is 11.8 Å². The van der Waals surface area contributed by atoms with Crippen molar-refractivity contribution >= 4 is 45.9 Å².